The predicted molar refractivity (Wildman–Crippen MR) is 66.8 cm³/mol. The maximum Gasteiger partial charge on any atom is 0.233 e. The summed E-state index contributed by atoms with van der Waals surface area (Å²) in [7, 11) is 0. The summed E-state index contributed by atoms with van der Waals surface area (Å²) in [5.41, 5.74) is -0.0552. The van der Waals surface area contributed by atoms with Crippen LogP contribution in [0.5, 0.6) is 0 Å². The van der Waals surface area contributed by atoms with Gasteiger partial charge in [0.15, 0.2) is 0 Å². The van der Waals surface area contributed by atoms with Crippen molar-refractivity contribution in [3.05, 3.63) is 0 Å². The molecule has 4 nitrogen and oxygen atoms in total. The van der Waals surface area contributed by atoms with E-state index < -0.39 is 0 Å². The molecule has 1 aliphatic heterocycles. The molecule has 0 aromatic heterocycles. The van der Waals surface area contributed by atoms with Crippen molar-refractivity contribution in [1.29, 1.82) is 0 Å². The lowest BCUT2D eigenvalue weighted by atomic mass is 9.94. The molecule has 4 heteroatoms. The molecule has 1 heterocycles. The van der Waals surface area contributed by atoms with Crippen molar-refractivity contribution in [3.8, 4) is 0 Å². The van der Waals surface area contributed by atoms with Gasteiger partial charge in [0.2, 0.25) is 5.91 Å². The van der Waals surface area contributed by atoms with E-state index in [2.05, 4.69) is 24.5 Å². The Morgan fingerprint density at radius 2 is 2.12 bits per heavy atom. The minimum Gasteiger partial charge on any atom is -0.375 e. The van der Waals surface area contributed by atoms with Crippen molar-refractivity contribution in [1.82, 2.24) is 10.6 Å². The van der Waals surface area contributed by atoms with Crippen LogP contribution in [0.3, 0.4) is 0 Å². The minimum atomic E-state index is -0.0552. The van der Waals surface area contributed by atoms with Crippen LogP contribution in [0.2, 0.25) is 0 Å². The standard InChI is InChI=1S/C13H24N2O2/c1-13(2)7-11(5-6-17-13)14-9-12(16)15-8-10-3-4-10/h10-11,14H,3-9H2,1-2H3,(H,15,16). The molecule has 0 aromatic carbocycles. The van der Waals surface area contributed by atoms with E-state index in [-0.39, 0.29) is 11.5 Å². The van der Waals surface area contributed by atoms with Crippen molar-refractivity contribution in [2.24, 2.45) is 5.92 Å². The second-order valence-corrected chi connectivity index (χ2v) is 5.93. The molecule has 1 saturated carbocycles. The van der Waals surface area contributed by atoms with Gasteiger partial charge >= 0.3 is 0 Å². The van der Waals surface area contributed by atoms with Crippen molar-refractivity contribution in [3.63, 3.8) is 0 Å². The van der Waals surface area contributed by atoms with Gasteiger partial charge in [-0.2, -0.15) is 0 Å². The van der Waals surface area contributed by atoms with Crippen LogP contribution in [-0.4, -0.2) is 37.2 Å². The van der Waals surface area contributed by atoms with Gasteiger partial charge in [-0.3, -0.25) is 4.79 Å². The Balaban J connectivity index is 1.61. The lowest BCUT2D eigenvalue weighted by Gasteiger charge is -2.35. The highest BCUT2D eigenvalue weighted by Crippen LogP contribution is 2.27. The molecule has 1 unspecified atom stereocenters. The summed E-state index contributed by atoms with van der Waals surface area (Å²) in [5, 5.41) is 6.30. The molecule has 98 valence electrons. The number of amides is 1. The molecule has 1 amide bonds. The Morgan fingerprint density at radius 3 is 2.76 bits per heavy atom. The highest BCUT2D eigenvalue weighted by Gasteiger charge is 2.28. The van der Waals surface area contributed by atoms with Crippen molar-refractivity contribution < 1.29 is 9.53 Å². The average molecular weight is 240 g/mol. The first-order valence-electron chi connectivity index (χ1n) is 6.69. The van der Waals surface area contributed by atoms with E-state index in [1.807, 2.05) is 0 Å². The Morgan fingerprint density at radius 1 is 1.35 bits per heavy atom. The summed E-state index contributed by atoms with van der Waals surface area (Å²) in [4.78, 5) is 11.6. The van der Waals surface area contributed by atoms with E-state index >= 15 is 0 Å². The van der Waals surface area contributed by atoms with Crippen LogP contribution in [0, 0.1) is 5.92 Å². The van der Waals surface area contributed by atoms with E-state index in [0.717, 1.165) is 31.9 Å². The SMILES string of the molecule is CC1(C)CC(NCC(=O)NCC2CC2)CCO1. The van der Waals surface area contributed by atoms with Crippen LogP contribution in [0.1, 0.15) is 39.5 Å². The van der Waals surface area contributed by atoms with Crippen molar-refractivity contribution in [2.75, 3.05) is 19.7 Å². The van der Waals surface area contributed by atoms with E-state index in [9.17, 15) is 4.79 Å². The third-order valence-electron chi connectivity index (χ3n) is 3.53. The summed E-state index contributed by atoms with van der Waals surface area (Å²) in [6, 6.07) is 0.408. The van der Waals surface area contributed by atoms with Crippen molar-refractivity contribution >= 4 is 5.91 Å². The third kappa shape index (κ3) is 4.64. The van der Waals surface area contributed by atoms with E-state index in [1.165, 1.54) is 12.8 Å². The van der Waals surface area contributed by atoms with Gasteiger partial charge in [-0.05, 0) is 45.4 Å². The summed E-state index contributed by atoms with van der Waals surface area (Å²) in [6.07, 6.45) is 4.53. The van der Waals surface area contributed by atoms with Gasteiger partial charge in [-0.15, -0.1) is 0 Å². The van der Waals surface area contributed by atoms with E-state index in [4.69, 9.17) is 4.74 Å². The van der Waals surface area contributed by atoms with Crippen LogP contribution in [-0.2, 0) is 9.53 Å². The van der Waals surface area contributed by atoms with E-state index in [0.29, 0.717) is 12.6 Å². The number of hydrogen-bond donors (Lipinski definition) is 2. The zero-order valence-corrected chi connectivity index (χ0v) is 10.9. The number of ether oxygens (including phenoxy) is 1. The summed E-state index contributed by atoms with van der Waals surface area (Å²) < 4.78 is 5.65. The minimum absolute atomic E-state index is 0.0552. The van der Waals surface area contributed by atoms with Gasteiger partial charge in [0.1, 0.15) is 0 Å². The molecule has 2 N–H and O–H groups in total. The molecule has 1 atom stereocenters. The highest BCUT2D eigenvalue weighted by molar-refractivity contribution is 5.78. The molecule has 17 heavy (non-hydrogen) atoms. The van der Waals surface area contributed by atoms with Gasteiger partial charge < -0.3 is 15.4 Å². The fourth-order valence-electron chi connectivity index (χ4n) is 2.29. The first kappa shape index (κ1) is 12.8. The van der Waals surface area contributed by atoms with E-state index in [1.54, 1.807) is 0 Å². The fourth-order valence-corrected chi connectivity index (χ4v) is 2.29. The summed E-state index contributed by atoms with van der Waals surface area (Å²) >= 11 is 0. The van der Waals surface area contributed by atoms with Crippen LogP contribution in [0.4, 0.5) is 0 Å². The topological polar surface area (TPSA) is 50.4 Å². The quantitative estimate of drug-likeness (QED) is 0.755. The molecule has 0 bridgehead atoms. The lowest BCUT2D eigenvalue weighted by molar-refractivity contribution is -0.121. The van der Waals surface area contributed by atoms with Crippen LogP contribution in [0.15, 0.2) is 0 Å². The van der Waals surface area contributed by atoms with Gasteiger partial charge in [0, 0.05) is 19.2 Å². The number of hydrogen-bond acceptors (Lipinski definition) is 3. The highest BCUT2D eigenvalue weighted by atomic mass is 16.5. The zero-order valence-electron chi connectivity index (χ0n) is 10.9. The first-order valence-corrected chi connectivity index (χ1v) is 6.69. The van der Waals surface area contributed by atoms with Gasteiger partial charge in [-0.25, -0.2) is 0 Å². The van der Waals surface area contributed by atoms with Gasteiger partial charge in [-0.1, -0.05) is 0 Å². The maximum absolute atomic E-state index is 11.6. The van der Waals surface area contributed by atoms with Crippen LogP contribution in [0.25, 0.3) is 0 Å². The number of carbonyl (C=O) groups excluding carboxylic acids is 1. The number of carbonyl (C=O) groups is 1. The molecule has 2 aliphatic rings. The molecular weight excluding hydrogens is 216 g/mol. The Hall–Kier alpha value is -0.610. The predicted octanol–water partition coefficient (Wildman–Crippen LogP) is 1.06. The Bertz CT molecular complexity index is 275. The molecule has 1 saturated heterocycles. The summed E-state index contributed by atoms with van der Waals surface area (Å²) in [5.74, 6) is 0.877. The Labute approximate surface area is 103 Å². The molecular formula is C13H24N2O2. The number of rotatable bonds is 5. The third-order valence-corrected chi connectivity index (χ3v) is 3.53. The first-order chi connectivity index (χ1) is 8.05. The van der Waals surface area contributed by atoms with Crippen LogP contribution < -0.4 is 10.6 Å². The lowest BCUT2D eigenvalue weighted by Crippen LogP contribution is -2.46. The monoisotopic (exact) mass is 240 g/mol. The average Bonchev–Trinajstić information content (AvgIpc) is 3.06. The smallest absolute Gasteiger partial charge is 0.233 e. The molecule has 0 radical (unpaired) electrons. The largest absolute Gasteiger partial charge is 0.375 e. The van der Waals surface area contributed by atoms with Gasteiger partial charge in [0.05, 0.1) is 12.1 Å². The Kier molecular flexibility index (Phi) is 4.05. The second-order valence-electron chi connectivity index (χ2n) is 5.93. The summed E-state index contributed by atoms with van der Waals surface area (Å²) in [6.45, 7) is 6.30. The zero-order chi connectivity index (χ0) is 12.3. The molecule has 2 fully saturated rings. The molecule has 1 aliphatic carbocycles. The maximum atomic E-state index is 11.6. The second kappa shape index (κ2) is 5.36. The fraction of sp³-hybridized carbons (Fsp3) is 0.923. The van der Waals surface area contributed by atoms with Gasteiger partial charge in [0.25, 0.3) is 0 Å². The normalized spacial score (nSPS) is 27.8. The van der Waals surface area contributed by atoms with Crippen molar-refractivity contribution in [2.45, 2.75) is 51.2 Å². The molecule has 2 rings (SSSR count). The van der Waals surface area contributed by atoms with Crippen LogP contribution >= 0.6 is 0 Å². The molecule has 0 spiro atoms. The number of nitrogens with one attached hydrogen (secondary N) is 2. The molecule has 0 aromatic rings.